The number of nitro groups is 1. The van der Waals surface area contributed by atoms with Crippen molar-refractivity contribution in [2.75, 3.05) is 6.54 Å². The molecule has 2 atom stereocenters. The van der Waals surface area contributed by atoms with E-state index in [-0.39, 0.29) is 17.1 Å². The predicted octanol–water partition coefficient (Wildman–Crippen LogP) is 1.67. The number of benzene rings is 2. The van der Waals surface area contributed by atoms with Crippen LogP contribution in [0.2, 0.25) is 0 Å². The number of nitrogens with zero attached hydrogens (tertiary/aromatic N) is 2. The Morgan fingerprint density at radius 2 is 1.87 bits per heavy atom. The minimum Gasteiger partial charge on any atom is -0.345 e. The summed E-state index contributed by atoms with van der Waals surface area (Å²) in [5.74, 6) is -0.536. The molecule has 0 radical (unpaired) electrons. The summed E-state index contributed by atoms with van der Waals surface area (Å²) in [7, 11) is -4.02. The number of non-ortho nitro benzene ring substituents is 1. The van der Waals surface area contributed by atoms with Gasteiger partial charge in [-0.2, -0.15) is 4.31 Å². The fourth-order valence-electron chi connectivity index (χ4n) is 3.45. The molecule has 1 aliphatic rings. The molecule has 30 heavy (non-hydrogen) atoms. The highest BCUT2D eigenvalue weighted by molar-refractivity contribution is 7.89. The van der Waals surface area contributed by atoms with Gasteiger partial charge in [-0.25, -0.2) is 8.42 Å². The molecule has 3 rings (SSSR count). The fourth-order valence-corrected chi connectivity index (χ4v) is 5.10. The van der Waals surface area contributed by atoms with Gasteiger partial charge >= 0.3 is 0 Å². The van der Waals surface area contributed by atoms with E-state index in [1.165, 1.54) is 0 Å². The molecular formula is C20H21N3O6S. The molecule has 1 aliphatic heterocycles. The lowest BCUT2D eigenvalue weighted by Crippen LogP contribution is -2.49. The lowest BCUT2D eigenvalue weighted by atomic mass is 10.1. The van der Waals surface area contributed by atoms with Gasteiger partial charge in [-0.3, -0.25) is 14.9 Å². The Hall–Kier alpha value is -3.11. The zero-order valence-corrected chi connectivity index (χ0v) is 16.8. The first-order valence-corrected chi connectivity index (χ1v) is 10.8. The number of nitro benzene ring substituents is 1. The summed E-state index contributed by atoms with van der Waals surface area (Å²) in [5, 5.41) is 13.4. The van der Waals surface area contributed by atoms with Crippen molar-refractivity contribution < 1.29 is 22.9 Å². The summed E-state index contributed by atoms with van der Waals surface area (Å²) in [6.07, 6.45) is 1.76. The molecule has 0 bridgehead atoms. The molecule has 1 unspecified atom stereocenters. The molecule has 0 saturated carbocycles. The van der Waals surface area contributed by atoms with E-state index in [0.29, 0.717) is 25.5 Å². The Morgan fingerprint density at radius 1 is 1.20 bits per heavy atom. The quantitative estimate of drug-likeness (QED) is 0.385. The van der Waals surface area contributed by atoms with Crippen molar-refractivity contribution in [2.45, 2.75) is 36.2 Å². The number of rotatable bonds is 8. The van der Waals surface area contributed by atoms with Crippen LogP contribution in [0.1, 0.15) is 18.4 Å². The van der Waals surface area contributed by atoms with Gasteiger partial charge in [0, 0.05) is 18.7 Å². The normalized spacial score (nSPS) is 17.9. The van der Waals surface area contributed by atoms with Gasteiger partial charge in [0.25, 0.3) is 5.69 Å². The summed E-state index contributed by atoms with van der Waals surface area (Å²) in [5.41, 5.74) is 0.649. The van der Waals surface area contributed by atoms with Crippen LogP contribution in [0.5, 0.6) is 0 Å². The van der Waals surface area contributed by atoms with E-state index in [2.05, 4.69) is 5.32 Å². The maximum atomic E-state index is 13.0. The number of hydrogen-bond donors (Lipinski definition) is 1. The van der Waals surface area contributed by atoms with Crippen molar-refractivity contribution in [3.63, 3.8) is 0 Å². The van der Waals surface area contributed by atoms with Gasteiger partial charge in [0.1, 0.15) is 12.3 Å². The van der Waals surface area contributed by atoms with Gasteiger partial charge < -0.3 is 10.1 Å². The van der Waals surface area contributed by atoms with Gasteiger partial charge in [0.15, 0.2) is 0 Å². The average molecular weight is 431 g/mol. The number of carbonyl (C=O) groups excluding carboxylic acids is 2. The van der Waals surface area contributed by atoms with Crippen molar-refractivity contribution in [1.29, 1.82) is 0 Å². The Labute approximate surface area is 173 Å². The predicted molar refractivity (Wildman–Crippen MR) is 108 cm³/mol. The minimum atomic E-state index is -4.02. The highest BCUT2D eigenvalue weighted by Crippen LogP contribution is 2.27. The fraction of sp³-hybridized carbons (Fsp3) is 0.300. The molecule has 1 fully saturated rings. The highest BCUT2D eigenvalue weighted by Gasteiger charge is 2.40. The van der Waals surface area contributed by atoms with Crippen LogP contribution in [-0.4, -0.2) is 48.5 Å². The summed E-state index contributed by atoms with van der Waals surface area (Å²) in [4.78, 5) is 34.3. The van der Waals surface area contributed by atoms with Crippen LogP contribution < -0.4 is 5.32 Å². The third-order valence-corrected chi connectivity index (χ3v) is 6.87. The molecule has 1 N–H and O–H groups in total. The lowest BCUT2D eigenvalue weighted by Gasteiger charge is -2.24. The van der Waals surface area contributed by atoms with Gasteiger partial charge in [0.05, 0.1) is 15.9 Å². The van der Waals surface area contributed by atoms with Gasteiger partial charge in [0.2, 0.25) is 15.9 Å². The van der Waals surface area contributed by atoms with E-state index in [0.717, 1.165) is 34.1 Å². The molecule has 1 heterocycles. The first kappa shape index (κ1) is 21.6. The zero-order chi connectivity index (χ0) is 21.7. The first-order valence-electron chi connectivity index (χ1n) is 9.39. The van der Waals surface area contributed by atoms with Crippen LogP contribution >= 0.6 is 0 Å². The van der Waals surface area contributed by atoms with Crippen LogP contribution in [-0.2, 0) is 26.0 Å². The monoisotopic (exact) mass is 431 g/mol. The van der Waals surface area contributed by atoms with E-state index >= 15 is 0 Å². The number of hydrogen-bond acceptors (Lipinski definition) is 6. The number of sulfonamides is 1. The van der Waals surface area contributed by atoms with Crippen molar-refractivity contribution in [1.82, 2.24) is 9.62 Å². The van der Waals surface area contributed by atoms with E-state index in [4.69, 9.17) is 0 Å². The van der Waals surface area contributed by atoms with Gasteiger partial charge in [-0.1, -0.05) is 30.3 Å². The average Bonchev–Trinajstić information content (AvgIpc) is 3.25. The third kappa shape index (κ3) is 4.71. The second kappa shape index (κ2) is 9.14. The largest absolute Gasteiger partial charge is 0.345 e. The minimum absolute atomic E-state index is 0.121. The van der Waals surface area contributed by atoms with E-state index in [9.17, 15) is 28.1 Å². The molecule has 0 spiro atoms. The number of carbonyl (C=O) groups is 2. The lowest BCUT2D eigenvalue weighted by molar-refractivity contribution is -0.384. The summed E-state index contributed by atoms with van der Waals surface area (Å²) in [6.45, 7) is 0.155. The zero-order valence-electron chi connectivity index (χ0n) is 16.0. The summed E-state index contributed by atoms with van der Waals surface area (Å²) >= 11 is 0. The van der Waals surface area contributed by atoms with Gasteiger partial charge in [-0.15, -0.1) is 0 Å². The smallest absolute Gasteiger partial charge is 0.269 e. The maximum absolute atomic E-state index is 13.0. The maximum Gasteiger partial charge on any atom is 0.269 e. The number of nitrogens with one attached hydrogen (secondary N) is 1. The topological polar surface area (TPSA) is 127 Å². The molecule has 2 aromatic carbocycles. The Balaban J connectivity index is 1.74. The number of aldehydes is 1. The van der Waals surface area contributed by atoms with Crippen LogP contribution in [0.25, 0.3) is 0 Å². The Kier molecular flexibility index (Phi) is 6.58. The molecule has 1 amide bonds. The molecule has 9 nitrogen and oxygen atoms in total. The molecule has 158 valence electrons. The summed E-state index contributed by atoms with van der Waals surface area (Å²) < 4.78 is 27.1. The second-order valence-electron chi connectivity index (χ2n) is 6.97. The molecule has 1 saturated heterocycles. The third-order valence-electron chi connectivity index (χ3n) is 4.95. The molecular weight excluding hydrogens is 410 g/mol. The van der Waals surface area contributed by atoms with E-state index in [1.54, 1.807) is 0 Å². The molecule has 0 aliphatic carbocycles. The SMILES string of the molecule is O=CC(Cc1ccccc1)NC(=O)[C@H]1CCCN1S(=O)(=O)c1ccc([N+](=O)[O-])cc1. The van der Waals surface area contributed by atoms with E-state index < -0.39 is 32.9 Å². The van der Waals surface area contributed by atoms with Crippen molar-refractivity contribution in [2.24, 2.45) is 0 Å². The summed E-state index contributed by atoms with van der Waals surface area (Å²) in [6, 6.07) is 12.0. The molecule has 2 aromatic rings. The standard InChI is InChI=1S/C20H21N3O6S/c24-14-16(13-15-5-2-1-3-6-15)21-20(25)19-7-4-12-22(19)30(28,29)18-10-8-17(9-11-18)23(26)27/h1-3,5-6,8-11,14,16,19H,4,7,12-13H2,(H,21,25)/t16?,19-/m1/s1. The first-order chi connectivity index (χ1) is 14.3. The second-order valence-corrected chi connectivity index (χ2v) is 8.86. The highest BCUT2D eigenvalue weighted by atomic mass is 32.2. The molecule has 10 heteroatoms. The van der Waals surface area contributed by atoms with Crippen LogP contribution in [0.4, 0.5) is 5.69 Å². The number of amides is 1. The van der Waals surface area contributed by atoms with Crippen LogP contribution in [0.3, 0.4) is 0 Å². The van der Waals surface area contributed by atoms with Crippen molar-refractivity contribution in [3.05, 3.63) is 70.3 Å². The van der Waals surface area contributed by atoms with Crippen molar-refractivity contribution >= 4 is 27.9 Å². The Bertz CT molecular complexity index is 1020. The molecule has 0 aromatic heterocycles. The van der Waals surface area contributed by atoms with Crippen molar-refractivity contribution in [3.8, 4) is 0 Å². The Morgan fingerprint density at radius 3 is 2.47 bits per heavy atom. The van der Waals surface area contributed by atoms with E-state index in [1.807, 2.05) is 30.3 Å². The van der Waals surface area contributed by atoms with Gasteiger partial charge in [-0.05, 0) is 37.0 Å². The van der Waals surface area contributed by atoms with Crippen LogP contribution in [0, 0.1) is 10.1 Å². The van der Waals surface area contributed by atoms with Crippen LogP contribution in [0.15, 0.2) is 59.5 Å².